The number of rotatable bonds is 5. The lowest BCUT2D eigenvalue weighted by Gasteiger charge is -2.03. The SMILES string of the molecule is COc1cc(C=NCN=C2NS(=O)(=O)c3cc(C(=O)O)ccc32)ccc1O. The van der Waals surface area contributed by atoms with Crippen LogP contribution < -0.4 is 9.46 Å². The van der Waals surface area contributed by atoms with E-state index in [1.54, 1.807) is 12.1 Å². The van der Waals surface area contributed by atoms with Crippen LogP contribution >= 0.6 is 0 Å². The summed E-state index contributed by atoms with van der Waals surface area (Å²) in [6, 6.07) is 8.49. The van der Waals surface area contributed by atoms with Gasteiger partial charge in [0.2, 0.25) is 0 Å². The molecule has 27 heavy (non-hydrogen) atoms. The van der Waals surface area contributed by atoms with Crippen LogP contribution in [0, 0.1) is 0 Å². The third-order valence-corrected chi connectivity index (χ3v) is 5.14. The summed E-state index contributed by atoms with van der Waals surface area (Å²) in [5.41, 5.74) is 0.838. The number of phenolic OH excluding ortho intramolecular Hbond substituents is 1. The van der Waals surface area contributed by atoms with Crippen LogP contribution in [-0.4, -0.2) is 50.4 Å². The van der Waals surface area contributed by atoms with E-state index in [0.717, 1.165) is 6.07 Å². The second-order valence-electron chi connectivity index (χ2n) is 5.51. The Bertz CT molecular complexity index is 1080. The first-order chi connectivity index (χ1) is 12.8. The lowest BCUT2D eigenvalue weighted by Crippen LogP contribution is -2.22. The van der Waals surface area contributed by atoms with Crippen molar-refractivity contribution in [2.45, 2.75) is 4.90 Å². The maximum atomic E-state index is 12.1. The predicted molar refractivity (Wildman–Crippen MR) is 97.4 cm³/mol. The third kappa shape index (κ3) is 3.75. The van der Waals surface area contributed by atoms with Gasteiger partial charge in [0.25, 0.3) is 10.0 Å². The zero-order valence-corrected chi connectivity index (χ0v) is 14.9. The van der Waals surface area contributed by atoms with Crippen molar-refractivity contribution >= 4 is 28.0 Å². The smallest absolute Gasteiger partial charge is 0.335 e. The minimum atomic E-state index is -3.85. The Morgan fingerprint density at radius 1 is 1.26 bits per heavy atom. The highest BCUT2D eigenvalue weighted by atomic mass is 32.2. The van der Waals surface area contributed by atoms with Crippen LogP contribution in [-0.2, 0) is 10.0 Å². The molecule has 3 rings (SSSR count). The van der Waals surface area contributed by atoms with Crippen molar-refractivity contribution in [1.82, 2.24) is 4.72 Å². The van der Waals surface area contributed by atoms with Gasteiger partial charge in [0.15, 0.2) is 11.5 Å². The second kappa shape index (κ2) is 7.08. The number of aromatic hydroxyl groups is 1. The molecular weight excluding hydrogens is 374 g/mol. The molecule has 1 aliphatic rings. The maximum absolute atomic E-state index is 12.1. The fourth-order valence-electron chi connectivity index (χ4n) is 2.46. The summed E-state index contributed by atoms with van der Waals surface area (Å²) in [7, 11) is -2.42. The average molecular weight is 389 g/mol. The molecule has 0 aromatic heterocycles. The van der Waals surface area contributed by atoms with Crippen LogP contribution in [0.3, 0.4) is 0 Å². The molecular formula is C17H15N3O6S. The predicted octanol–water partition coefficient (Wildman–Crippen LogP) is 1.21. The van der Waals surface area contributed by atoms with Crippen molar-refractivity contribution in [2.24, 2.45) is 9.98 Å². The highest BCUT2D eigenvalue weighted by Gasteiger charge is 2.31. The van der Waals surface area contributed by atoms with Gasteiger partial charge in [-0.1, -0.05) is 0 Å². The molecule has 3 N–H and O–H groups in total. The summed E-state index contributed by atoms with van der Waals surface area (Å²) in [5, 5.41) is 18.6. The van der Waals surface area contributed by atoms with Gasteiger partial charge in [-0.05, 0) is 42.0 Å². The van der Waals surface area contributed by atoms with Gasteiger partial charge in [-0.15, -0.1) is 0 Å². The van der Waals surface area contributed by atoms with E-state index in [2.05, 4.69) is 14.7 Å². The zero-order chi connectivity index (χ0) is 19.6. The number of nitrogens with one attached hydrogen (secondary N) is 1. The summed E-state index contributed by atoms with van der Waals surface area (Å²) in [4.78, 5) is 19.1. The molecule has 140 valence electrons. The Balaban J connectivity index is 1.81. The number of hydrogen-bond acceptors (Lipinski definition) is 7. The minimum absolute atomic E-state index is 0.00703. The number of nitrogens with zero attached hydrogens (tertiary/aromatic N) is 2. The van der Waals surface area contributed by atoms with Crippen LogP contribution in [0.1, 0.15) is 21.5 Å². The average Bonchev–Trinajstić information content (AvgIpc) is 2.90. The molecule has 1 heterocycles. The van der Waals surface area contributed by atoms with Gasteiger partial charge in [-0.25, -0.2) is 18.2 Å². The van der Waals surface area contributed by atoms with Gasteiger partial charge < -0.3 is 14.9 Å². The van der Waals surface area contributed by atoms with Crippen molar-refractivity contribution in [3.8, 4) is 11.5 Å². The standard InChI is InChI=1S/C17H15N3O6S/c1-26-14-6-10(2-5-13(14)21)8-18-9-19-16-12-4-3-11(17(22)23)7-15(12)27(24,25)20-16/h2-8,21H,9H2,1H3,(H,19,20)(H,22,23). The number of amidine groups is 1. The molecule has 0 aliphatic carbocycles. The van der Waals surface area contributed by atoms with Crippen molar-refractivity contribution in [1.29, 1.82) is 0 Å². The van der Waals surface area contributed by atoms with Gasteiger partial charge in [0, 0.05) is 11.8 Å². The van der Waals surface area contributed by atoms with E-state index in [1.165, 1.54) is 31.5 Å². The summed E-state index contributed by atoms with van der Waals surface area (Å²) < 4.78 is 31.6. The number of sulfonamides is 1. The van der Waals surface area contributed by atoms with Crippen molar-refractivity contribution in [3.63, 3.8) is 0 Å². The Morgan fingerprint density at radius 3 is 2.74 bits per heavy atom. The van der Waals surface area contributed by atoms with Gasteiger partial charge >= 0.3 is 5.97 Å². The second-order valence-corrected chi connectivity index (χ2v) is 7.16. The van der Waals surface area contributed by atoms with Crippen LogP contribution in [0.4, 0.5) is 0 Å². The van der Waals surface area contributed by atoms with Gasteiger partial charge in [-0.2, -0.15) is 0 Å². The number of methoxy groups -OCH3 is 1. The molecule has 9 nitrogen and oxygen atoms in total. The molecule has 0 amide bonds. The lowest BCUT2D eigenvalue weighted by molar-refractivity contribution is 0.0696. The van der Waals surface area contributed by atoms with Crippen LogP contribution in [0.2, 0.25) is 0 Å². The van der Waals surface area contributed by atoms with E-state index < -0.39 is 16.0 Å². The van der Waals surface area contributed by atoms with Gasteiger partial charge in [0.1, 0.15) is 12.5 Å². The summed E-state index contributed by atoms with van der Waals surface area (Å²) >= 11 is 0. The molecule has 0 bridgehead atoms. The third-order valence-electron chi connectivity index (χ3n) is 3.76. The molecule has 0 unspecified atom stereocenters. The number of aromatic carboxylic acids is 1. The Labute approximate surface area is 154 Å². The van der Waals surface area contributed by atoms with E-state index in [9.17, 15) is 18.3 Å². The number of fused-ring (bicyclic) bond motifs is 1. The first-order valence-electron chi connectivity index (χ1n) is 7.63. The van der Waals surface area contributed by atoms with E-state index in [0.29, 0.717) is 16.9 Å². The number of benzene rings is 2. The van der Waals surface area contributed by atoms with E-state index >= 15 is 0 Å². The molecule has 2 aromatic rings. The zero-order valence-electron chi connectivity index (χ0n) is 14.1. The number of carboxylic acid groups (broad SMARTS) is 1. The molecule has 0 spiro atoms. The minimum Gasteiger partial charge on any atom is -0.504 e. The maximum Gasteiger partial charge on any atom is 0.335 e. The Morgan fingerprint density at radius 2 is 2.04 bits per heavy atom. The molecule has 1 aliphatic heterocycles. The first kappa shape index (κ1) is 18.4. The number of ether oxygens (including phenoxy) is 1. The first-order valence-corrected chi connectivity index (χ1v) is 9.12. The molecule has 0 fully saturated rings. The number of hydrogen-bond donors (Lipinski definition) is 3. The molecule has 0 radical (unpaired) electrons. The van der Waals surface area contributed by atoms with Crippen LogP contribution in [0.5, 0.6) is 11.5 Å². The Hall–Kier alpha value is -3.40. The molecule has 0 atom stereocenters. The number of phenols is 1. The van der Waals surface area contributed by atoms with Crippen molar-refractivity contribution in [2.75, 3.05) is 13.8 Å². The molecule has 2 aromatic carbocycles. The molecule has 0 saturated carbocycles. The largest absolute Gasteiger partial charge is 0.504 e. The highest BCUT2D eigenvalue weighted by Crippen LogP contribution is 2.26. The fourth-order valence-corrected chi connectivity index (χ4v) is 3.74. The molecule has 10 heteroatoms. The van der Waals surface area contributed by atoms with E-state index in [1.807, 2.05) is 0 Å². The lowest BCUT2D eigenvalue weighted by atomic mass is 10.1. The Kier molecular flexibility index (Phi) is 4.82. The summed E-state index contributed by atoms with van der Waals surface area (Å²) in [5.74, 6) is -0.806. The van der Waals surface area contributed by atoms with Crippen molar-refractivity contribution < 1.29 is 28.2 Å². The monoisotopic (exact) mass is 389 g/mol. The number of aliphatic imine (C=N–C) groups is 2. The fraction of sp³-hybridized carbons (Fsp3) is 0.118. The van der Waals surface area contributed by atoms with E-state index in [-0.39, 0.29) is 28.7 Å². The van der Waals surface area contributed by atoms with Crippen molar-refractivity contribution in [3.05, 3.63) is 53.1 Å². The van der Waals surface area contributed by atoms with Crippen LogP contribution in [0.25, 0.3) is 0 Å². The van der Waals surface area contributed by atoms with Crippen LogP contribution in [0.15, 0.2) is 51.3 Å². The highest BCUT2D eigenvalue weighted by molar-refractivity contribution is 7.90. The van der Waals surface area contributed by atoms with Gasteiger partial charge in [-0.3, -0.25) is 9.71 Å². The summed E-state index contributed by atoms with van der Waals surface area (Å²) in [6.07, 6.45) is 1.50. The molecule has 0 saturated heterocycles. The van der Waals surface area contributed by atoms with E-state index in [4.69, 9.17) is 9.84 Å². The normalized spacial score (nSPS) is 16.3. The van der Waals surface area contributed by atoms with Gasteiger partial charge in [0.05, 0.1) is 17.6 Å². The summed E-state index contributed by atoms with van der Waals surface area (Å²) in [6.45, 7) is -0.0544. The topological polar surface area (TPSA) is 138 Å². The number of carboxylic acids is 1. The quantitative estimate of drug-likeness (QED) is 0.657. The number of carbonyl (C=O) groups is 1.